The highest BCUT2D eigenvalue weighted by atomic mass is 35.5. The van der Waals surface area contributed by atoms with Gasteiger partial charge in [0.15, 0.2) is 0 Å². The topological polar surface area (TPSA) is 98.7 Å². The van der Waals surface area contributed by atoms with E-state index >= 15 is 0 Å². The molecule has 0 amide bonds. The number of benzene rings is 3. The fourth-order valence-electron chi connectivity index (χ4n) is 2.98. The van der Waals surface area contributed by atoms with Crippen molar-refractivity contribution >= 4 is 38.2 Å². The number of aliphatic hydroxyl groups is 1. The van der Waals surface area contributed by atoms with Crippen molar-refractivity contribution in [1.29, 1.82) is 0 Å². The third-order valence-corrected chi connectivity index (χ3v) is 5.70. The fourth-order valence-corrected chi connectivity index (χ4v) is 3.70. The van der Waals surface area contributed by atoms with Gasteiger partial charge in [0.05, 0.1) is 11.0 Å². The first-order valence-corrected chi connectivity index (χ1v) is 11.0. The summed E-state index contributed by atoms with van der Waals surface area (Å²) in [6, 6.07) is 17.3. The number of fused-ring (bicyclic) bond motifs is 1. The Morgan fingerprint density at radius 2 is 1.76 bits per heavy atom. The van der Waals surface area contributed by atoms with Gasteiger partial charge in [0.25, 0.3) is 10.1 Å². The molecule has 0 saturated heterocycles. The van der Waals surface area contributed by atoms with Crippen molar-refractivity contribution in [3.63, 3.8) is 0 Å². The second-order valence-corrected chi connectivity index (χ2v) is 8.82. The van der Waals surface area contributed by atoms with Crippen LogP contribution in [0.4, 0.5) is 5.69 Å². The molecular weight excluding hydrogens is 412 g/mol. The minimum absolute atomic E-state index is 0.0729. The van der Waals surface area contributed by atoms with Crippen molar-refractivity contribution in [1.82, 2.24) is 5.32 Å². The molecular formula is C21H23ClN2O4S. The molecule has 8 heteroatoms. The normalized spacial score (nSPS) is 13.9. The third kappa shape index (κ3) is 5.91. The molecule has 0 saturated carbocycles. The number of rotatable bonds is 8. The van der Waals surface area contributed by atoms with E-state index in [2.05, 4.69) is 10.6 Å². The molecule has 0 aromatic heterocycles. The van der Waals surface area contributed by atoms with Crippen LogP contribution in [0.1, 0.15) is 18.6 Å². The summed E-state index contributed by atoms with van der Waals surface area (Å²) in [6.45, 7) is 2.99. The molecule has 0 aliphatic heterocycles. The Morgan fingerprint density at radius 3 is 2.48 bits per heavy atom. The predicted molar refractivity (Wildman–Crippen MR) is 116 cm³/mol. The smallest absolute Gasteiger partial charge is 0.294 e. The van der Waals surface area contributed by atoms with Crippen LogP contribution in [0.2, 0.25) is 5.02 Å². The Bertz CT molecular complexity index is 1100. The van der Waals surface area contributed by atoms with Crippen LogP contribution >= 0.6 is 11.6 Å². The Labute approximate surface area is 175 Å². The summed E-state index contributed by atoms with van der Waals surface area (Å²) in [5, 5.41) is 19.0. The fraction of sp³-hybridized carbons (Fsp3) is 0.238. The molecule has 2 atom stereocenters. The summed E-state index contributed by atoms with van der Waals surface area (Å²) in [7, 11) is -4.24. The van der Waals surface area contributed by atoms with Crippen molar-refractivity contribution in [2.24, 2.45) is 0 Å². The molecule has 0 bridgehead atoms. The first-order valence-electron chi connectivity index (χ1n) is 9.14. The molecule has 6 nitrogen and oxygen atoms in total. The van der Waals surface area contributed by atoms with Crippen LogP contribution in [-0.4, -0.2) is 37.2 Å². The van der Waals surface area contributed by atoms with E-state index < -0.39 is 16.2 Å². The minimum atomic E-state index is -4.24. The molecule has 3 aromatic rings. The number of hydrogen-bond donors (Lipinski definition) is 4. The van der Waals surface area contributed by atoms with Crippen LogP contribution in [0, 0.1) is 0 Å². The second-order valence-electron chi connectivity index (χ2n) is 6.96. The lowest BCUT2D eigenvalue weighted by Crippen LogP contribution is -2.35. The van der Waals surface area contributed by atoms with E-state index in [-0.39, 0.29) is 10.9 Å². The van der Waals surface area contributed by atoms with Gasteiger partial charge < -0.3 is 15.7 Å². The molecule has 3 rings (SSSR count). The molecule has 0 aliphatic carbocycles. The highest BCUT2D eigenvalue weighted by Gasteiger charge is 2.11. The standard InChI is InChI=1S/C21H23ClN2O4S/c1-14(23-13-21(25)16-3-2-4-18(22)9-16)12-24-19-7-5-15-6-8-20(29(26,27)28)11-17(15)10-19/h2-11,14,21,23-25H,12-13H2,1H3,(H,26,27,28). The van der Waals surface area contributed by atoms with Crippen molar-refractivity contribution in [2.75, 3.05) is 18.4 Å². The zero-order chi connectivity index (χ0) is 21.0. The van der Waals surface area contributed by atoms with E-state index in [0.29, 0.717) is 23.5 Å². The van der Waals surface area contributed by atoms with Gasteiger partial charge in [0.2, 0.25) is 0 Å². The lowest BCUT2D eigenvalue weighted by molar-refractivity contribution is 0.171. The largest absolute Gasteiger partial charge is 0.387 e. The molecule has 0 spiro atoms. The van der Waals surface area contributed by atoms with Crippen molar-refractivity contribution < 1.29 is 18.1 Å². The Hall–Kier alpha value is -2.16. The van der Waals surface area contributed by atoms with Gasteiger partial charge in [-0.1, -0.05) is 35.9 Å². The maximum atomic E-state index is 11.3. The number of halogens is 1. The van der Waals surface area contributed by atoms with Crippen LogP contribution in [0.5, 0.6) is 0 Å². The summed E-state index contributed by atoms with van der Waals surface area (Å²) in [5.41, 5.74) is 1.59. The van der Waals surface area contributed by atoms with Gasteiger partial charge >= 0.3 is 0 Å². The summed E-state index contributed by atoms with van der Waals surface area (Å²) in [4.78, 5) is -0.132. The second kappa shape index (κ2) is 9.11. The van der Waals surface area contributed by atoms with Crippen molar-refractivity contribution in [3.8, 4) is 0 Å². The van der Waals surface area contributed by atoms with Crippen LogP contribution in [0.3, 0.4) is 0 Å². The molecule has 0 heterocycles. The molecule has 4 N–H and O–H groups in total. The third-order valence-electron chi connectivity index (χ3n) is 4.62. The number of nitrogens with one attached hydrogen (secondary N) is 2. The first-order chi connectivity index (χ1) is 13.7. The molecule has 2 unspecified atom stereocenters. The summed E-state index contributed by atoms with van der Waals surface area (Å²) in [6.07, 6.45) is -0.657. The monoisotopic (exact) mass is 434 g/mol. The summed E-state index contributed by atoms with van der Waals surface area (Å²) in [5.74, 6) is 0. The quantitative estimate of drug-likeness (QED) is 0.402. The highest BCUT2D eigenvalue weighted by molar-refractivity contribution is 7.85. The zero-order valence-electron chi connectivity index (χ0n) is 15.8. The van der Waals surface area contributed by atoms with Gasteiger partial charge in [-0.3, -0.25) is 4.55 Å². The van der Waals surface area contributed by atoms with Crippen molar-refractivity contribution in [3.05, 3.63) is 71.2 Å². The van der Waals surface area contributed by atoms with Crippen LogP contribution in [0.15, 0.2) is 65.6 Å². The van der Waals surface area contributed by atoms with Crippen LogP contribution in [-0.2, 0) is 10.1 Å². The SMILES string of the molecule is CC(CNc1ccc2ccc(S(=O)(=O)O)cc2c1)NCC(O)c1cccc(Cl)c1. The van der Waals surface area contributed by atoms with Gasteiger partial charge in [-0.2, -0.15) is 8.42 Å². The molecule has 3 aromatic carbocycles. The number of aliphatic hydroxyl groups excluding tert-OH is 1. The molecule has 29 heavy (non-hydrogen) atoms. The van der Waals surface area contributed by atoms with E-state index in [0.717, 1.165) is 16.6 Å². The molecule has 0 fully saturated rings. The molecule has 0 radical (unpaired) electrons. The zero-order valence-corrected chi connectivity index (χ0v) is 17.4. The van der Waals surface area contributed by atoms with E-state index in [4.69, 9.17) is 11.6 Å². The van der Waals surface area contributed by atoms with Gasteiger partial charge in [0, 0.05) is 29.8 Å². The van der Waals surface area contributed by atoms with Crippen LogP contribution in [0.25, 0.3) is 10.8 Å². The van der Waals surface area contributed by atoms with Gasteiger partial charge in [-0.25, -0.2) is 0 Å². The Morgan fingerprint density at radius 1 is 1.00 bits per heavy atom. The average Bonchev–Trinajstić information content (AvgIpc) is 2.69. The van der Waals surface area contributed by atoms with Gasteiger partial charge in [-0.05, 0) is 59.7 Å². The average molecular weight is 435 g/mol. The molecule has 154 valence electrons. The first kappa shape index (κ1) is 21.5. The van der Waals surface area contributed by atoms with Gasteiger partial charge in [-0.15, -0.1) is 0 Å². The van der Waals surface area contributed by atoms with Crippen molar-refractivity contribution in [2.45, 2.75) is 24.0 Å². The van der Waals surface area contributed by atoms with E-state index in [1.165, 1.54) is 12.1 Å². The summed E-state index contributed by atoms with van der Waals surface area (Å²) < 4.78 is 31.9. The number of anilines is 1. The molecule has 0 aliphatic rings. The van der Waals surface area contributed by atoms with Gasteiger partial charge in [0.1, 0.15) is 0 Å². The minimum Gasteiger partial charge on any atom is -0.387 e. The predicted octanol–water partition coefficient (Wildman–Crippen LogP) is 3.86. The van der Waals surface area contributed by atoms with E-state index in [1.807, 2.05) is 31.2 Å². The number of hydrogen-bond acceptors (Lipinski definition) is 5. The van der Waals surface area contributed by atoms with Crippen LogP contribution < -0.4 is 10.6 Å². The van der Waals surface area contributed by atoms with E-state index in [1.54, 1.807) is 24.3 Å². The maximum Gasteiger partial charge on any atom is 0.294 e. The lowest BCUT2D eigenvalue weighted by atomic mass is 10.1. The Kier molecular flexibility index (Phi) is 6.77. The van der Waals surface area contributed by atoms with E-state index in [9.17, 15) is 18.1 Å². The lowest BCUT2D eigenvalue weighted by Gasteiger charge is -2.19. The highest BCUT2D eigenvalue weighted by Crippen LogP contribution is 2.23. The summed E-state index contributed by atoms with van der Waals surface area (Å²) >= 11 is 5.96. The maximum absolute atomic E-state index is 11.3. The Balaban J connectivity index is 1.58.